The van der Waals surface area contributed by atoms with Gasteiger partial charge in [0.05, 0.1) is 13.1 Å². The van der Waals surface area contributed by atoms with Crippen molar-refractivity contribution in [2.75, 3.05) is 25.0 Å². The van der Waals surface area contributed by atoms with E-state index in [9.17, 15) is 9.59 Å². The molecule has 0 saturated carbocycles. The topological polar surface area (TPSA) is 62.6 Å². The molecule has 1 heterocycles. The molecule has 0 atom stereocenters. The number of para-hydroxylation sites is 1. The quantitative estimate of drug-likeness (QED) is 0.710. The molecule has 1 saturated heterocycles. The Morgan fingerprint density at radius 3 is 2.48 bits per heavy atom. The first kappa shape index (κ1) is 19.4. The first-order valence-electron chi connectivity index (χ1n) is 9.31. The lowest BCUT2D eigenvalue weighted by atomic mass is 9.96. The summed E-state index contributed by atoms with van der Waals surface area (Å²) in [7, 11) is 0. The van der Waals surface area contributed by atoms with Gasteiger partial charge in [-0.25, -0.2) is 0 Å². The minimum Gasteiger partial charge on any atom is -0.347 e. The first-order chi connectivity index (χ1) is 13.1. The SMILES string of the molecule is O=C(C[NH+]1CCC(C(=O)Nc2ccccc2)CC1)NCc1cccc(Cl)c1. The molecule has 27 heavy (non-hydrogen) atoms. The van der Waals surface area contributed by atoms with Crippen molar-refractivity contribution < 1.29 is 14.5 Å². The van der Waals surface area contributed by atoms with Gasteiger partial charge in [-0.2, -0.15) is 0 Å². The lowest BCUT2D eigenvalue weighted by Gasteiger charge is -2.28. The van der Waals surface area contributed by atoms with Gasteiger partial charge in [0, 0.05) is 36.0 Å². The number of amides is 2. The van der Waals surface area contributed by atoms with E-state index in [4.69, 9.17) is 11.6 Å². The van der Waals surface area contributed by atoms with E-state index in [1.165, 1.54) is 4.90 Å². The van der Waals surface area contributed by atoms with E-state index in [1.807, 2.05) is 54.6 Å². The molecule has 2 amide bonds. The molecule has 0 spiro atoms. The van der Waals surface area contributed by atoms with E-state index in [-0.39, 0.29) is 17.7 Å². The highest BCUT2D eigenvalue weighted by atomic mass is 35.5. The Labute approximate surface area is 164 Å². The number of halogens is 1. The van der Waals surface area contributed by atoms with Gasteiger partial charge in [0.1, 0.15) is 0 Å². The van der Waals surface area contributed by atoms with Crippen molar-refractivity contribution in [3.8, 4) is 0 Å². The third-order valence-corrected chi connectivity index (χ3v) is 5.13. The van der Waals surface area contributed by atoms with E-state index in [1.54, 1.807) is 0 Å². The standard InChI is InChI=1S/C21H24ClN3O2/c22-18-6-4-5-16(13-18)14-23-20(26)15-25-11-9-17(10-12-25)21(27)24-19-7-2-1-3-8-19/h1-8,13,17H,9-12,14-15H2,(H,23,26)(H,24,27)/p+1. The van der Waals surface area contributed by atoms with Gasteiger partial charge in [-0.3, -0.25) is 9.59 Å². The lowest BCUT2D eigenvalue weighted by Crippen LogP contribution is -3.14. The van der Waals surface area contributed by atoms with E-state index in [0.717, 1.165) is 37.2 Å². The number of likely N-dealkylation sites (tertiary alicyclic amines) is 1. The number of hydrogen-bond donors (Lipinski definition) is 3. The summed E-state index contributed by atoms with van der Waals surface area (Å²) < 4.78 is 0. The highest BCUT2D eigenvalue weighted by Gasteiger charge is 2.28. The molecule has 6 heteroatoms. The van der Waals surface area contributed by atoms with Crippen molar-refractivity contribution in [1.82, 2.24) is 5.32 Å². The normalized spacial score (nSPS) is 19.3. The van der Waals surface area contributed by atoms with Crippen molar-refractivity contribution in [3.05, 3.63) is 65.2 Å². The van der Waals surface area contributed by atoms with Crippen LogP contribution in [0.3, 0.4) is 0 Å². The molecule has 1 aliphatic rings. The number of benzene rings is 2. The summed E-state index contributed by atoms with van der Waals surface area (Å²) in [6, 6.07) is 17.0. The van der Waals surface area contributed by atoms with Crippen LogP contribution in [0.5, 0.6) is 0 Å². The summed E-state index contributed by atoms with van der Waals surface area (Å²) in [5, 5.41) is 6.58. The molecule has 2 aromatic carbocycles. The molecule has 2 aromatic rings. The largest absolute Gasteiger partial charge is 0.347 e. The summed E-state index contributed by atoms with van der Waals surface area (Å²) in [5.74, 6) is 0.117. The van der Waals surface area contributed by atoms with Crippen LogP contribution in [-0.4, -0.2) is 31.4 Å². The van der Waals surface area contributed by atoms with Gasteiger partial charge >= 0.3 is 0 Å². The van der Waals surface area contributed by atoms with Gasteiger partial charge in [0.2, 0.25) is 5.91 Å². The fourth-order valence-electron chi connectivity index (χ4n) is 3.37. The molecule has 142 valence electrons. The summed E-state index contributed by atoms with van der Waals surface area (Å²) in [6.45, 7) is 2.58. The van der Waals surface area contributed by atoms with Crippen molar-refractivity contribution in [3.63, 3.8) is 0 Å². The van der Waals surface area contributed by atoms with Crippen molar-refractivity contribution >= 4 is 29.1 Å². The summed E-state index contributed by atoms with van der Waals surface area (Å²) in [4.78, 5) is 25.8. The first-order valence-corrected chi connectivity index (χ1v) is 9.68. The molecule has 0 aliphatic carbocycles. The molecule has 0 radical (unpaired) electrons. The highest BCUT2D eigenvalue weighted by molar-refractivity contribution is 6.30. The maximum absolute atomic E-state index is 12.4. The molecule has 1 fully saturated rings. The number of carbonyl (C=O) groups excluding carboxylic acids is 2. The van der Waals surface area contributed by atoms with Crippen LogP contribution in [0, 0.1) is 5.92 Å². The van der Waals surface area contributed by atoms with E-state index < -0.39 is 0 Å². The maximum atomic E-state index is 12.4. The van der Waals surface area contributed by atoms with Crippen LogP contribution in [-0.2, 0) is 16.1 Å². The van der Waals surface area contributed by atoms with Crippen LogP contribution < -0.4 is 15.5 Å². The summed E-state index contributed by atoms with van der Waals surface area (Å²) in [6.07, 6.45) is 1.60. The smallest absolute Gasteiger partial charge is 0.275 e. The van der Waals surface area contributed by atoms with Crippen molar-refractivity contribution in [2.24, 2.45) is 5.92 Å². The van der Waals surface area contributed by atoms with Crippen LogP contribution >= 0.6 is 11.6 Å². The van der Waals surface area contributed by atoms with Gasteiger partial charge in [-0.15, -0.1) is 0 Å². The molecular formula is C21H25ClN3O2+. The predicted octanol–water partition coefficient (Wildman–Crippen LogP) is 1.89. The molecule has 3 rings (SSSR count). The molecule has 0 bridgehead atoms. The average Bonchev–Trinajstić information content (AvgIpc) is 2.68. The molecule has 0 aromatic heterocycles. The Morgan fingerprint density at radius 1 is 1.04 bits per heavy atom. The number of nitrogens with one attached hydrogen (secondary N) is 3. The van der Waals surface area contributed by atoms with Gasteiger partial charge < -0.3 is 15.5 Å². The number of rotatable bonds is 6. The van der Waals surface area contributed by atoms with Gasteiger partial charge in [0.25, 0.3) is 5.91 Å². The Balaban J connectivity index is 1.38. The van der Waals surface area contributed by atoms with Crippen LogP contribution in [0.25, 0.3) is 0 Å². The van der Waals surface area contributed by atoms with Gasteiger partial charge in [-0.05, 0) is 29.8 Å². The minimum atomic E-state index is 0.0171. The van der Waals surface area contributed by atoms with Crippen LogP contribution in [0.1, 0.15) is 18.4 Å². The lowest BCUT2D eigenvalue weighted by molar-refractivity contribution is -0.897. The molecule has 0 unspecified atom stereocenters. The number of carbonyl (C=O) groups is 2. The van der Waals surface area contributed by atoms with Gasteiger partial charge in [0.15, 0.2) is 6.54 Å². The van der Waals surface area contributed by atoms with Gasteiger partial charge in [-0.1, -0.05) is 41.9 Å². The maximum Gasteiger partial charge on any atom is 0.275 e. The second-order valence-electron chi connectivity index (χ2n) is 6.96. The zero-order valence-corrected chi connectivity index (χ0v) is 16.0. The molecule has 1 aliphatic heterocycles. The van der Waals surface area contributed by atoms with Crippen LogP contribution in [0.15, 0.2) is 54.6 Å². The van der Waals surface area contributed by atoms with Crippen LogP contribution in [0.2, 0.25) is 5.02 Å². The predicted molar refractivity (Wildman–Crippen MR) is 107 cm³/mol. The Kier molecular flexibility index (Phi) is 6.85. The molecular weight excluding hydrogens is 362 g/mol. The third-order valence-electron chi connectivity index (χ3n) is 4.89. The third kappa shape index (κ3) is 6.08. The summed E-state index contributed by atoms with van der Waals surface area (Å²) >= 11 is 5.96. The minimum absolute atomic E-state index is 0.0171. The van der Waals surface area contributed by atoms with Crippen molar-refractivity contribution in [1.29, 1.82) is 0 Å². The molecule has 5 nitrogen and oxygen atoms in total. The summed E-state index contributed by atoms with van der Waals surface area (Å²) in [5.41, 5.74) is 1.82. The van der Waals surface area contributed by atoms with Crippen LogP contribution in [0.4, 0.5) is 5.69 Å². The highest BCUT2D eigenvalue weighted by Crippen LogP contribution is 2.14. The number of piperidine rings is 1. The fourth-order valence-corrected chi connectivity index (χ4v) is 3.58. The second kappa shape index (κ2) is 9.53. The van der Waals surface area contributed by atoms with E-state index in [2.05, 4.69) is 10.6 Å². The monoisotopic (exact) mass is 386 g/mol. The Bertz CT molecular complexity index is 774. The number of hydrogen-bond acceptors (Lipinski definition) is 2. The van der Waals surface area contributed by atoms with E-state index >= 15 is 0 Å². The average molecular weight is 387 g/mol. The molecule has 3 N–H and O–H groups in total. The second-order valence-corrected chi connectivity index (χ2v) is 7.40. The number of anilines is 1. The zero-order valence-electron chi connectivity index (χ0n) is 15.2. The van der Waals surface area contributed by atoms with Crippen molar-refractivity contribution in [2.45, 2.75) is 19.4 Å². The Hall–Kier alpha value is -2.37. The fraction of sp³-hybridized carbons (Fsp3) is 0.333. The number of quaternary nitrogens is 1. The zero-order chi connectivity index (χ0) is 19.1. The van der Waals surface area contributed by atoms with E-state index in [0.29, 0.717) is 18.1 Å². The Morgan fingerprint density at radius 2 is 1.78 bits per heavy atom.